The van der Waals surface area contributed by atoms with E-state index in [0.717, 1.165) is 44.6 Å². The van der Waals surface area contributed by atoms with Crippen LogP contribution in [0.2, 0.25) is 0 Å². The molecule has 1 aliphatic carbocycles. The van der Waals surface area contributed by atoms with Crippen LogP contribution in [0.4, 0.5) is 0 Å². The van der Waals surface area contributed by atoms with E-state index in [4.69, 9.17) is 0 Å². The van der Waals surface area contributed by atoms with Gasteiger partial charge in [-0.25, -0.2) is 0 Å². The Labute approximate surface area is 177 Å². The molecule has 1 fully saturated rings. The van der Waals surface area contributed by atoms with Crippen molar-refractivity contribution in [2.45, 2.75) is 32.7 Å². The summed E-state index contributed by atoms with van der Waals surface area (Å²) >= 11 is 1.84. The number of likely N-dealkylation sites (tertiary alicyclic amines) is 1. The number of rotatable bonds is 2. The molecule has 5 rings (SSSR count). The van der Waals surface area contributed by atoms with Gasteiger partial charge in [0.05, 0.1) is 0 Å². The zero-order valence-corrected chi connectivity index (χ0v) is 17.8. The van der Waals surface area contributed by atoms with Crippen molar-refractivity contribution in [3.8, 4) is 0 Å². The molecule has 3 heteroatoms. The Kier molecular flexibility index (Phi) is 4.94. The van der Waals surface area contributed by atoms with E-state index in [9.17, 15) is 0 Å². The summed E-state index contributed by atoms with van der Waals surface area (Å²) in [5, 5.41) is 2.23. The van der Waals surface area contributed by atoms with Crippen LogP contribution in [0.25, 0.3) is 11.1 Å². The molecule has 0 saturated carbocycles. The van der Waals surface area contributed by atoms with Gasteiger partial charge < -0.3 is 0 Å². The number of thiophene rings is 1. The lowest BCUT2D eigenvalue weighted by atomic mass is 9.87. The average Bonchev–Trinajstić information content (AvgIpc) is 3.18. The second-order valence-electron chi connectivity index (χ2n) is 8.10. The van der Waals surface area contributed by atoms with E-state index in [1.807, 2.05) is 23.6 Å². The number of hydrogen-bond acceptors (Lipinski definition) is 3. The van der Waals surface area contributed by atoms with Crippen molar-refractivity contribution in [3.05, 3.63) is 99.0 Å². The first kappa shape index (κ1) is 18.5. The molecule has 3 aromatic rings. The first-order valence-electron chi connectivity index (χ1n) is 10.4. The lowest BCUT2D eigenvalue weighted by Crippen LogP contribution is -2.31. The standard InChI is InChI=1S/C26H26N2S/c1-18-16-21-6-3-4-8-23(21)25(24-11-15-29-26(18)24)20-9-13-28(14-10-20)17-22-7-5-12-27-19(22)2/h3-8,11-12,15H,1,9-10,13-14,16-17H2,2H3. The van der Waals surface area contributed by atoms with Crippen LogP contribution < -0.4 is 0 Å². The second-order valence-corrected chi connectivity index (χ2v) is 9.02. The molecule has 146 valence electrons. The Balaban J connectivity index is 1.48. The highest BCUT2D eigenvalue weighted by Gasteiger charge is 2.26. The van der Waals surface area contributed by atoms with Gasteiger partial charge in [-0.15, -0.1) is 11.3 Å². The summed E-state index contributed by atoms with van der Waals surface area (Å²) in [4.78, 5) is 8.40. The number of hydrogen-bond donors (Lipinski definition) is 0. The molecule has 2 aromatic heterocycles. The van der Waals surface area contributed by atoms with E-state index in [0.29, 0.717) is 0 Å². The number of fused-ring (bicyclic) bond motifs is 2. The van der Waals surface area contributed by atoms with E-state index < -0.39 is 0 Å². The summed E-state index contributed by atoms with van der Waals surface area (Å²) in [5.41, 5.74) is 11.1. The minimum Gasteiger partial charge on any atom is -0.298 e. The monoisotopic (exact) mass is 398 g/mol. The summed E-state index contributed by atoms with van der Waals surface area (Å²) in [6.07, 6.45) is 5.09. The summed E-state index contributed by atoms with van der Waals surface area (Å²) in [6, 6.07) is 15.5. The van der Waals surface area contributed by atoms with Gasteiger partial charge in [0, 0.05) is 42.0 Å². The Morgan fingerprint density at radius 2 is 1.86 bits per heavy atom. The largest absolute Gasteiger partial charge is 0.298 e. The Morgan fingerprint density at radius 1 is 1.03 bits per heavy atom. The summed E-state index contributed by atoms with van der Waals surface area (Å²) in [6.45, 7) is 9.73. The maximum Gasteiger partial charge on any atom is 0.0417 e. The topological polar surface area (TPSA) is 16.1 Å². The number of aromatic nitrogens is 1. The Morgan fingerprint density at radius 3 is 2.69 bits per heavy atom. The zero-order chi connectivity index (χ0) is 19.8. The van der Waals surface area contributed by atoms with Gasteiger partial charge in [0.25, 0.3) is 0 Å². The van der Waals surface area contributed by atoms with Crippen LogP contribution in [0.1, 0.15) is 45.7 Å². The van der Waals surface area contributed by atoms with Crippen LogP contribution in [0.15, 0.2) is 66.2 Å². The van der Waals surface area contributed by atoms with Gasteiger partial charge in [-0.2, -0.15) is 0 Å². The summed E-state index contributed by atoms with van der Waals surface area (Å²) in [5.74, 6) is 0. The first-order chi connectivity index (χ1) is 14.2. The van der Waals surface area contributed by atoms with Gasteiger partial charge in [-0.1, -0.05) is 42.5 Å². The third-order valence-corrected chi connectivity index (χ3v) is 7.29. The Bertz CT molecular complexity index is 1100. The molecule has 0 atom stereocenters. The fourth-order valence-corrected chi connectivity index (χ4v) is 5.57. The van der Waals surface area contributed by atoms with E-state index in [-0.39, 0.29) is 0 Å². The Hall–Kier alpha value is -2.49. The number of piperidine rings is 1. The van der Waals surface area contributed by atoms with Gasteiger partial charge >= 0.3 is 0 Å². The number of pyridine rings is 1. The molecule has 1 saturated heterocycles. The van der Waals surface area contributed by atoms with Crippen LogP contribution in [0.3, 0.4) is 0 Å². The predicted molar refractivity (Wildman–Crippen MR) is 123 cm³/mol. The predicted octanol–water partition coefficient (Wildman–Crippen LogP) is 6.12. The molecule has 0 N–H and O–H groups in total. The van der Waals surface area contributed by atoms with Crippen LogP contribution in [0.5, 0.6) is 0 Å². The third-order valence-electron chi connectivity index (χ3n) is 6.27. The highest BCUT2D eigenvalue weighted by Crippen LogP contribution is 2.43. The van der Waals surface area contributed by atoms with Gasteiger partial charge in [0.2, 0.25) is 0 Å². The SMILES string of the molecule is C=C1Cc2ccccc2C(=C2CCN(Cc3cccnc3C)CC2)c2ccsc21. The molecule has 1 aliphatic heterocycles. The first-order valence-corrected chi connectivity index (χ1v) is 11.3. The highest BCUT2D eigenvalue weighted by molar-refractivity contribution is 7.11. The maximum absolute atomic E-state index is 4.45. The minimum atomic E-state index is 0.951. The molecule has 1 aromatic carbocycles. The fraction of sp³-hybridized carbons (Fsp3) is 0.269. The third kappa shape index (κ3) is 3.50. The quantitative estimate of drug-likeness (QED) is 0.517. The summed E-state index contributed by atoms with van der Waals surface area (Å²) in [7, 11) is 0. The number of allylic oxidation sites excluding steroid dienone is 1. The molecular weight excluding hydrogens is 372 g/mol. The van der Waals surface area contributed by atoms with Gasteiger partial charge in [0.1, 0.15) is 0 Å². The maximum atomic E-state index is 4.45. The number of nitrogens with zero attached hydrogens (tertiary/aromatic N) is 2. The van der Waals surface area contributed by atoms with Crippen LogP contribution in [-0.4, -0.2) is 23.0 Å². The highest BCUT2D eigenvalue weighted by atomic mass is 32.1. The second kappa shape index (κ2) is 7.74. The van der Waals surface area contributed by atoms with Crippen molar-refractivity contribution in [3.63, 3.8) is 0 Å². The number of aryl methyl sites for hydroxylation is 1. The van der Waals surface area contributed by atoms with Crippen molar-refractivity contribution in [2.24, 2.45) is 0 Å². The molecule has 0 bridgehead atoms. The van der Waals surface area contributed by atoms with Gasteiger partial charge in [-0.05, 0) is 71.5 Å². The molecule has 29 heavy (non-hydrogen) atoms. The van der Waals surface area contributed by atoms with Crippen LogP contribution in [0, 0.1) is 6.92 Å². The molecule has 3 heterocycles. The lowest BCUT2D eigenvalue weighted by molar-refractivity contribution is 0.248. The molecule has 0 spiro atoms. The minimum absolute atomic E-state index is 0.951. The van der Waals surface area contributed by atoms with Crippen molar-refractivity contribution in [1.29, 1.82) is 0 Å². The molecule has 0 radical (unpaired) electrons. The molecule has 0 amide bonds. The molecule has 2 nitrogen and oxygen atoms in total. The average molecular weight is 399 g/mol. The van der Waals surface area contributed by atoms with Gasteiger partial charge in [0.15, 0.2) is 0 Å². The normalized spacial score (nSPS) is 17.1. The van der Waals surface area contributed by atoms with Crippen LogP contribution in [-0.2, 0) is 13.0 Å². The van der Waals surface area contributed by atoms with E-state index in [1.165, 1.54) is 38.3 Å². The fourth-order valence-electron chi connectivity index (χ4n) is 4.69. The zero-order valence-electron chi connectivity index (χ0n) is 16.9. The van der Waals surface area contributed by atoms with Gasteiger partial charge in [-0.3, -0.25) is 9.88 Å². The molecular formula is C26H26N2S. The molecule has 0 unspecified atom stereocenters. The van der Waals surface area contributed by atoms with E-state index in [1.54, 1.807) is 5.57 Å². The smallest absolute Gasteiger partial charge is 0.0417 e. The van der Waals surface area contributed by atoms with E-state index in [2.05, 4.69) is 65.2 Å². The van der Waals surface area contributed by atoms with Crippen molar-refractivity contribution < 1.29 is 0 Å². The van der Waals surface area contributed by atoms with Crippen molar-refractivity contribution in [1.82, 2.24) is 9.88 Å². The summed E-state index contributed by atoms with van der Waals surface area (Å²) < 4.78 is 0. The van der Waals surface area contributed by atoms with E-state index >= 15 is 0 Å². The number of benzene rings is 1. The van der Waals surface area contributed by atoms with Crippen LogP contribution >= 0.6 is 11.3 Å². The van der Waals surface area contributed by atoms with Crippen molar-refractivity contribution in [2.75, 3.05) is 13.1 Å². The van der Waals surface area contributed by atoms with Crippen molar-refractivity contribution >= 4 is 22.5 Å². The lowest BCUT2D eigenvalue weighted by Gasteiger charge is -2.30. The molecule has 2 aliphatic rings.